The fraction of sp³-hybridized carbons (Fsp3) is 0.500. The van der Waals surface area contributed by atoms with Crippen molar-refractivity contribution < 1.29 is 19.3 Å². The lowest BCUT2D eigenvalue weighted by molar-refractivity contribution is 0.0281. The van der Waals surface area contributed by atoms with Crippen molar-refractivity contribution in [3.63, 3.8) is 0 Å². The summed E-state index contributed by atoms with van der Waals surface area (Å²) in [5.74, 6) is 1.95. The summed E-state index contributed by atoms with van der Waals surface area (Å²) >= 11 is 0. The van der Waals surface area contributed by atoms with Gasteiger partial charge in [0.1, 0.15) is 12.4 Å². The number of benzene rings is 1. The number of fused-ring (bicyclic) bond motifs is 1. The largest absolute Gasteiger partial charge is 0.490 e. The second-order valence-corrected chi connectivity index (χ2v) is 4.62. The van der Waals surface area contributed by atoms with Crippen LogP contribution in [-0.4, -0.2) is 24.1 Å². The van der Waals surface area contributed by atoms with E-state index in [1.165, 1.54) is 0 Å². The highest BCUT2D eigenvalue weighted by atomic mass is 16.7. The van der Waals surface area contributed by atoms with Gasteiger partial charge in [0, 0.05) is 18.2 Å². The zero-order valence-corrected chi connectivity index (χ0v) is 10.0. The van der Waals surface area contributed by atoms with Gasteiger partial charge in [-0.3, -0.25) is 0 Å². The van der Waals surface area contributed by atoms with E-state index in [0.717, 1.165) is 5.56 Å². The molecule has 1 aliphatic heterocycles. The van der Waals surface area contributed by atoms with E-state index in [0.29, 0.717) is 23.8 Å². The molecule has 2 rings (SSSR count). The first kappa shape index (κ1) is 12.0. The Morgan fingerprint density at radius 1 is 1.35 bits per heavy atom. The second-order valence-electron chi connectivity index (χ2n) is 4.62. The molecule has 0 unspecified atom stereocenters. The zero-order valence-electron chi connectivity index (χ0n) is 10.0. The first-order valence-electron chi connectivity index (χ1n) is 5.47. The van der Waals surface area contributed by atoms with Crippen LogP contribution in [0.15, 0.2) is 12.1 Å². The molecule has 1 heterocycles. The highest BCUT2D eigenvalue weighted by Crippen LogP contribution is 2.38. The molecule has 17 heavy (non-hydrogen) atoms. The normalized spacial score (nSPS) is 13.9. The molecule has 0 aromatic heterocycles. The maximum atomic E-state index is 9.62. The molecule has 3 N–H and O–H groups in total. The van der Waals surface area contributed by atoms with Gasteiger partial charge in [-0.05, 0) is 19.9 Å². The molecule has 1 aliphatic rings. The summed E-state index contributed by atoms with van der Waals surface area (Å²) in [5, 5.41) is 9.62. The molecule has 5 nitrogen and oxygen atoms in total. The van der Waals surface area contributed by atoms with Crippen LogP contribution in [-0.2, 0) is 6.54 Å². The van der Waals surface area contributed by atoms with Crippen molar-refractivity contribution in [3.05, 3.63) is 17.7 Å². The third-order valence-electron chi connectivity index (χ3n) is 2.36. The first-order valence-corrected chi connectivity index (χ1v) is 5.47. The fourth-order valence-corrected chi connectivity index (χ4v) is 1.51. The molecule has 0 saturated carbocycles. The van der Waals surface area contributed by atoms with Crippen LogP contribution in [0.3, 0.4) is 0 Å². The van der Waals surface area contributed by atoms with Gasteiger partial charge in [-0.25, -0.2) is 0 Å². The van der Waals surface area contributed by atoms with Crippen LogP contribution in [0.1, 0.15) is 19.4 Å². The average Bonchev–Trinajstić information content (AvgIpc) is 2.70. The minimum absolute atomic E-state index is 0.194. The van der Waals surface area contributed by atoms with E-state index in [2.05, 4.69) is 0 Å². The molecule has 0 amide bonds. The Labute approximate surface area is 100 Å². The van der Waals surface area contributed by atoms with Gasteiger partial charge in [0.2, 0.25) is 6.79 Å². The summed E-state index contributed by atoms with van der Waals surface area (Å²) in [5.41, 5.74) is 5.59. The highest BCUT2D eigenvalue weighted by Gasteiger charge is 2.19. The number of nitrogens with two attached hydrogens (primary N) is 1. The molecule has 1 aromatic rings. The van der Waals surface area contributed by atoms with Crippen molar-refractivity contribution in [2.24, 2.45) is 5.73 Å². The Morgan fingerprint density at radius 3 is 2.59 bits per heavy atom. The van der Waals surface area contributed by atoms with Crippen molar-refractivity contribution in [2.75, 3.05) is 13.4 Å². The lowest BCUT2D eigenvalue weighted by Gasteiger charge is -2.19. The molecule has 0 fully saturated rings. The Bertz CT molecular complexity index is 412. The zero-order chi connectivity index (χ0) is 12.5. The maximum Gasteiger partial charge on any atom is 0.231 e. The lowest BCUT2D eigenvalue weighted by Crippen LogP contribution is -2.28. The second kappa shape index (κ2) is 4.43. The fourth-order valence-electron chi connectivity index (χ4n) is 1.51. The van der Waals surface area contributed by atoms with Gasteiger partial charge >= 0.3 is 0 Å². The Kier molecular flexibility index (Phi) is 3.13. The van der Waals surface area contributed by atoms with Crippen molar-refractivity contribution in [3.8, 4) is 17.2 Å². The highest BCUT2D eigenvalue weighted by molar-refractivity contribution is 5.51. The molecule has 0 saturated heterocycles. The summed E-state index contributed by atoms with van der Waals surface area (Å²) in [4.78, 5) is 0. The molecule has 0 aliphatic carbocycles. The Balaban J connectivity index is 2.21. The molecule has 1 aromatic carbocycles. The van der Waals surface area contributed by atoms with E-state index in [1.54, 1.807) is 19.9 Å². The molecule has 5 heteroatoms. The van der Waals surface area contributed by atoms with Crippen LogP contribution in [0.4, 0.5) is 0 Å². The van der Waals surface area contributed by atoms with E-state index in [-0.39, 0.29) is 13.4 Å². The first-order chi connectivity index (χ1) is 7.99. The predicted octanol–water partition coefficient (Wildman–Crippen LogP) is 1.02. The van der Waals surface area contributed by atoms with Crippen LogP contribution < -0.4 is 19.9 Å². The molecular formula is C12H17NO4. The monoisotopic (exact) mass is 239 g/mol. The minimum atomic E-state index is -0.887. The summed E-state index contributed by atoms with van der Waals surface area (Å²) in [6.07, 6.45) is 0. The SMILES string of the molecule is CC(C)(O)COc1cc2c(cc1CN)OCO2. The number of ether oxygens (including phenoxy) is 3. The summed E-state index contributed by atoms with van der Waals surface area (Å²) in [7, 11) is 0. The van der Waals surface area contributed by atoms with Gasteiger partial charge < -0.3 is 25.1 Å². The number of rotatable bonds is 4. The van der Waals surface area contributed by atoms with Gasteiger partial charge in [-0.2, -0.15) is 0 Å². The molecule has 0 bridgehead atoms. The Hall–Kier alpha value is -1.46. The van der Waals surface area contributed by atoms with E-state index < -0.39 is 5.60 Å². The molecule has 94 valence electrons. The molecular weight excluding hydrogens is 222 g/mol. The summed E-state index contributed by atoms with van der Waals surface area (Å²) < 4.78 is 16.1. The van der Waals surface area contributed by atoms with Crippen molar-refractivity contribution in [2.45, 2.75) is 26.0 Å². The smallest absolute Gasteiger partial charge is 0.231 e. The van der Waals surface area contributed by atoms with E-state index in [4.69, 9.17) is 19.9 Å². The minimum Gasteiger partial charge on any atom is -0.490 e. The lowest BCUT2D eigenvalue weighted by atomic mass is 10.1. The predicted molar refractivity (Wildman–Crippen MR) is 62.2 cm³/mol. The topological polar surface area (TPSA) is 73.9 Å². The third-order valence-corrected chi connectivity index (χ3v) is 2.36. The van der Waals surface area contributed by atoms with Crippen molar-refractivity contribution in [1.29, 1.82) is 0 Å². The van der Waals surface area contributed by atoms with Crippen molar-refractivity contribution >= 4 is 0 Å². The van der Waals surface area contributed by atoms with Crippen LogP contribution in [0, 0.1) is 0 Å². The summed E-state index contributed by atoms with van der Waals surface area (Å²) in [6, 6.07) is 3.55. The van der Waals surface area contributed by atoms with E-state index in [9.17, 15) is 5.11 Å². The van der Waals surface area contributed by atoms with Gasteiger partial charge in [-0.15, -0.1) is 0 Å². The molecule has 0 atom stereocenters. The van der Waals surface area contributed by atoms with Crippen LogP contribution in [0.5, 0.6) is 17.2 Å². The van der Waals surface area contributed by atoms with Crippen LogP contribution >= 0.6 is 0 Å². The number of hydrogen-bond acceptors (Lipinski definition) is 5. The Morgan fingerprint density at radius 2 is 2.00 bits per heavy atom. The third kappa shape index (κ3) is 2.81. The standard InChI is InChI=1S/C12H17NO4/c1-12(2,14)6-15-9-4-11-10(16-7-17-11)3-8(9)5-13/h3-4,14H,5-7,13H2,1-2H3. The van der Waals surface area contributed by atoms with Crippen LogP contribution in [0.25, 0.3) is 0 Å². The van der Waals surface area contributed by atoms with Gasteiger partial charge in [0.15, 0.2) is 11.5 Å². The van der Waals surface area contributed by atoms with Crippen molar-refractivity contribution in [1.82, 2.24) is 0 Å². The van der Waals surface area contributed by atoms with Gasteiger partial charge in [-0.1, -0.05) is 0 Å². The van der Waals surface area contributed by atoms with Gasteiger partial charge in [0.05, 0.1) is 5.60 Å². The van der Waals surface area contributed by atoms with Crippen LogP contribution in [0.2, 0.25) is 0 Å². The molecule has 0 spiro atoms. The van der Waals surface area contributed by atoms with Gasteiger partial charge in [0.25, 0.3) is 0 Å². The average molecular weight is 239 g/mol. The summed E-state index contributed by atoms with van der Waals surface area (Å²) in [6.45, 7) is 4.12. The maximum absolute atomic E-state index is 9.62. The van der Waals surface area contributed by atoms with E-state index >= 15 is 0 Å². The number of hydrogen-bond donors (Lipinski definition) is 2. The number of aliphatic hydroxyl groups is 1. The quantitative estimate of drug-likeness (QED) is 0.820. The van der Waals surface area contributed by atoms with E-state index in [1.807, 2.05) is 6.07 Å². The molecule has 0 radical (unpaired) electrons.